The van der Waals surface area contributed by atoms with E-state index in [1.807, 2.05) is 0 Å². The first-order chi connectivity index (χ1) is 10.9. The van der Waals surface area contributed by atoms with Crippen LogP contribution in [0.3, 0.4) is 0 Å². The largest absolute Gasteiger partial charge is 0.386 e. The SMILES string of the molecule is O=S1(=O)NC(=NCC(O)c2ccc(F)c(F)c2)c2ccccc21. The van der Waals surface area contributed by atoms with Crippen molar-refractivity contribution in [1.82, 2.24) is 4.72 Å². The molecule has 2 N–H and O–H groups in total. The zero-order valence-electron chi connectivity index (χ0n) is 11.7. The highest BCUT2D eigenvalue weighted by atomic mass is 32.2. The van der Waals surface area contributed by atoms with Crippen molar-refractivity contribution in [2.45, 2.75) is 11.0 Å². The van der Waals surface area contributed by atoms with Crippen LogP contribution in [0, 0.1) is 11.6 Å². The molecule has 0 aliphatic carbocycles. The molecular weight excluding hydrogens is 326 g/mol. The van der Waals surface area contributed by atoms with Crippen LogP contribution in [0.2, 0.25) is 0 Å². The standard InChI is InChI=1S/C15H12F2N2O3S/c16-11-6-5-9(7-12(11)17)13(20)8-18-15-10-3-1-2-4-14(10)23(21,22)19-15/h1-7,13,20H,8H2,(H,18,19). The molecule has 1 unspecified atom stereocenters. The summed E-state index contributed by atoms with van der Waals surface area (Å²) in [6.45, 7) is -0.197. The maximum Gasteiger partial charge on any atom is 0.263 e. The highest BCUT2D eigenvalue weighted by molar-refractivity contribution is 7.90. The van der Waals surface area contributed by atoms with Crippen molar-refractivity contribution in [3.63, 3.8) is 0 Å². The first-order valence-electron chi connectivity index (χ1n) is 6.68. The first kappa shape index (κ1) is 15.6. The van der Waals surface area contributed by atoms with Gasteiger partial charge in [-0.15, -0.1) is 0 Å². The van der Waals surface area contributed by atoms with E-state index in [0.717, 1.165) is 12.1 Å². The van der Waals surface area contributed by atoms with Gasteiger partial charge in [0.1, 0.15) is 5.84 Å². The molecule has 1 heterocycles. The molecule has 0 saturated heterocycles. The fourth-order valence-electron chi connectivity index (χ4n) is 2.25. The molecule has 2 aromatic rings. The molecule has 1 aliphatic heterocycles. The number of nitrogens with one attached hydrogen (secondary N) is 1. The number of fused-ring (bicyclic) bond motifs is 1. The van der Waals surface area contributed by atoms with Gasteiger partial charge in [0.25, 0.3) is 10.0 Å². The number of hydrogen-bond acceptors (Lipinski definition) is 4. The normalized spacial score (nSPS) is 18.5. The van der Waals surface area contributed by atoms with Crippen LogP contribution in [0.4, 0.5) is 8.78 Å². The smallest absolute Gasteiger partial charge is 0.263 e. The summed E-state index contributed by atoms with van der Waals surface area (Å²) in [5, 5.41) is 10.0. The number of aliphatic hydroxyl groups is 1. The summed E-state index contributed by atoms with van der Waals surface area (Å²) in [5.74, 6) is -1.96. The zero-order chi connectivity index (χ0) is 16.6. The van der Waals surface area contributed by atoms with Crippen molar-refractivity contribution in [2.24, 2.45) is 4.99 Å². The molecule has 0 radical (unpaired) electrons. The van der Waals surface area contributed by atoms with E-state index in [1.54, 1.807) is 18.2 Å². The zero-order valence-corrected chi connectivity index (χ0v) is 12.5. The number of rotatable bonds is 3. The maximum atomic E-state index is 13.2. The van der Waals surface area contributed by atoms with Crippen molar-refractivity contribution in [3.8, 4) is 0 Å². The Balaban J connectivity index is 1.85. The fourth-order valence-corrected chi connectivity index (χ4v) is 3.51. The van der Waals surface area contributed by atoms with E-state index < -0.39 is 27.8 Å². The van der Waals surface area contributed by atoms with E-state index in [4.69, 9.17) is 0 Å². The summed E-state index contributed by atoms with van der Waals surface area (Å²) in [6, 6.07) is 9.35. The predicted octanol–water partition coefficient (Wildman–Crippen LogP) is 1.74. The highest BCUT2D eigenvalue weighted by Gasteiger charge is 2.30. The van der Waals surface area contributed by atoms with Crippen LogP contribution in [0.1, 0.15) is 17.2 Å². The molecule has 0 spiro atoms. The lowest BCUT2D eigenvalue weighted by atomic mass is 10.1. The topological polar surface area (TPSA) is 78.8 Å². The predicted molar refractivity (Wildman–Crippen MR) is 79.5 cm³/mol. The second-order valence-electron chi connectivity index (χ2n) is 4.98. The molecule has 1 atom stereocenters. The molecular formula is C15H12F2N2O3S. The van der Waals surface area contributed by atoms with Gasteiger partial charge in [-0.25, -0.2) is 17.2 Å². The van der Waals surface area contributed by atoms with Crippen molar-refractivity contribution >= 4 is 15.9 Å². The summed E-state index contributed by atoms with van der Waals surface area (Å²) in [5.41, 5.74) is 0.562. The van der Waals surface area contributed by atoms with E-state index in [9.17, 15) is 22.3 Å². The molecule has 0 fully saturated rings. The van der Waals surface area contributed by atoms with Crippen LogP contribution in [0.25, 0.3) is 0 Å². The monoisotopic (exact) mass is 338 g/mol. The molecule has 23 heavy (non-hydrogen) atoms. The third-order valence-corrected chi connectivity index (χ3v) is 4.81. The van der Waals surface area contributed by atoms with E-state index in [0.29, 0.717) is 5.56 Å². The third kappa shape index (κ3) is 2.95. The number of halogens is 2. The molecule has 8 heteroatoms. The molecule has 5 nitrogen and oxygen atoms in total. The second-order valence-corrected chi connectivity index (χ2v) is 6.63. The molecule has 0 saturated carbocycles. The van der Waals surface area contributed by atoms with E-state index in [1.165, 1.54) is 12.1 Å². The molecule has 120 valence electrons. The van der Waals surface area contributed by atoms with Gasteiger partial charge in [-0.1, -0.05) is 18.2 Å². The second kappa shape index (κ2) is 5.71. The summed E-state index contributed by atoms with van der Waals surface area (Å²) in [7, 11) is -3.65. The average molecular weight is 338 g/mol. The molecule has 0 aromatic heterocycles. The Morgan fingerprint density at radius 2 is 1.87 bits per heavy atom. The first-order valence-corrected chi connectivity index (χ1v) is 8.16. The van der Waals surface area contributed by atoms with E-state index in [2.05, 4.69) is 9.71 Å². The van der Waals surface area contributed by atoms with Gasteiger partial charge in [-0.05, 0) is 29.8 Å². The van der Waals surface area contributed by atoms with Gasteiger partial charge in [0.2, 0.25) is 0 Å². The number of aliphatic hydroxyl groups excluding tert-OH is 1. The van der Waals surface area contributed by atoms with Gasteiger partial charge in [-0.3, -0.25) is 9.71 Å². The average Bonchev–Trinajstić information content (AvgIpc) is 2.79. The Bertz CT molecular complexity index is 897. The van der Waals surface area contributed by atoms with Crippen LogP contribution >= 0.6 is 0 Å². The van der Waals surface area contributed by atoms with Crippen molar-refractivity contribution in [2.75, 3.05) is 6.54 Å². The molecule has 0 amide bonds. The van der Waals surface area contributed by atoms with Crippen LogP contribution in [0.15, 0.2) is 52.4 Å². The maximum absolute atomic E-state index is 13.2. The summed E-state index contributed by atoms with van der Waals surface area (Å²) in [4.78, 5) is 4.16. The van der Waals surface area contributed by atoms with Crippen LogP contribution in [-0.2, 0) is 10.0 Å². The van der Waals surface area contributed by atoms with E-state index >= 15 is 0 Å². The van der Waals surface area contributed by atoms with Gasteiger partial charge in [0.15, 0.2) is 11.6 Å². The van der Waals surface area contributed by atoms with Gasteiger partial charge in [0.05, 0.1) is 17.5 Å². The summed E-state index contributed by atoms with van der Waals surface area (Å²) in [6.07, 6.45) is -1.19. The lowest BCUT2D eigenvalue weighted by molar-refractivity contribution is 0.186. The van der Waals surface area contributed by atoms with Crippen LogP contribution < -0.4 is 4.72 Å². The molecule has 2 aromatic carbocycles. The van der Waals surface area contributed by atoms with Gasteiger partial charge < -0.3 is 5.11 Å². The third-order valence-electron chi connectivity index (χ3n) is 3.41. The highest BCUT2D eigenvalue weighted by Crippen LogP contribution is 2.23. The quantitative estimate of drug-likeness (QED) is 0.895. The molecule has 3 rings (SSSR count). The Morgan fingerprint density at radius 1 is 1.13 bits per heavy atom. The number of aliphatic imine (C=N–C) groups is 1. The van der Waals surface area contributed by atoms with Gasteiger partial charge >= 0.3 is 0 Å². The number of sulfonamides is 1. The molecule has 1 aliphatic rings. The Morgan fingerprint density at radius 3 is 2.61 bits per heavy atom. The lowest BCUT2D eigenvalue weighted by Crippen LogP contribution is -2.23. The minimum Gasteiger partial charge on any atom is -0.386 e. The van der Waals surface area contributed by atoms with Crippen molar-refractivity contribution in [3.05, 3.63) is 65.2 Å². The molecule has 0 bridgehead atoms. The Labute approximate surface area is 131 Å². The number of amidine groups is 1. The number of hydrogen-bond donors (Lipinski definition) is 2. The minimum absolute atomic E-state index is 0.112. The Hall–Kier alpha value is -2.32. The Kier molecular flexibility index (Phi) is 3.87. The number of nitrogens with zero attached hydrogens (tertiary/aromatic N) is 1. The summed E-state index contributed by atoms with van der Waals surface area (Å²) >= 11 is 0. The van der Waals surface area contributed by atoms with Crippen LogP contribution in [0.5, 0.6) is 0 Å². The number of benzene rings is 2. The van der Waals surface area contributed by atoms with Crippen molar-refractivity contribution < 1.29 is 22.3 Å². The fraction of sp³-hybridized carbons (Fsp3) is 0.133. The minimum atomic E-state index is -3.65. The van der Waals surface area contributed by atoms with Crippen LogP contribution in [-0.4, -0.2) is 25.9 Å². The lowest BCUT2D eigenvalue weighted by Gasteiger charge is -2.09. The van der Waals surface area contributed by atoms with Gasteiger partial charge in [0, 0.05) is 5.56 Å². The summed E-state index contributed by atoms with van der Waals surface area (Å²) < 4.78 is 52.2. The van der Waals surface area contributed by atoms with Crippen molar-refractivity contribution in [1.29, 1.82) is 0 Å². The van der Waals surface area contributed by atoms with E-state index in [-0.39, 0.29) is 22.8 Å². The van der Waals surface area contributed by atoms with Gasteiger partial charge in [-0.2, -0.15) is 0 Å².